The summed E-state index contributed by atoms with van der Waals surface area (Å²) in [6.07, 6.45) is 2.45. The van der Waals surface area contributed by atoms with E-state index in [0.717, 1.165) is 12.1 Å². The number of carboxylic acid groups (broad SMARTS) is 1. The number of piperidine rings is 1. The highest BCUT2D eigenvalue weighted by Crippen LogP contribution is 2.28. The van der Waals surface area contributed by atoms with E-state index >= 15 is 0 Å². The maximum absolute atomic E-state index is 12.7. The quantitative estimate of drug-likeness (QED) is 0.905. The third-order valence-corrected chi connectivity index (χ3v) is 5.21. The summed E-state index contributed by atoms with van der Waals surface area (Å²) in [6, 6.07) is 7.84. The van der Waals surface area contributed by atoms with E-state index in [-0.39, 0.29) is 30.7 Å². The molecule has 0 aromatic heterocycles. The molecule has 0 aliphatic carbocycles. The Morgan fingerprint density at radius 3 is 2.52 bits per heavy atom. The molecule has 25 heavy (non-hydrogen) atoms. The molecule has 1 N–H and O–H groups in total. The highest BCUT2D eigenvalue weighted by atomic mass is 16.4. The van der Waals surface area contributed by atoms with Crippen molar-refractivity contribution in [3.63, 3.8) is 0 Å². The maximum Gasteiger partial charge on any atom is 0.308 e. The van der Waals surface area contributed by atoms with E-state index in [9.17, 15) is 19.5 Å². The number of aliphatic carboxylic acids is 1. The van der Waals surface area contributed by atoms with E-state index in [1.165, 1.54) is 5.56 Å². The van der Waals surface area contributed by atoms with Crippen molar-refractivity contribution in [2.45, 2.75) is 32.6 Å². The molecule has 2 heterocycles. The molecule has 134 valence electrons. The molecule has 6 heteroatoms. The number of hydrogen-bond acceptors (Lipinski definition) is 3. The van der Waals surface area contributed by atoms with Gasteiger partial charge in [-0.2, -0.15) is 0 Å². The van der Waals surface area contributed by atoms with Gasteiger partial charge in [0, 0.05) is 31.7 Å². The second-order valence-electron chi connectivity index (χ2n) is 6.89. The van der Waals surface area contributed by atoms with E-state index in [4.69, 9.17) is 0 Å². The topological polar surface area (TPSA) is 77.9 Å². The van der Waals surface area contributed by atoms with Gasteiger partial charge >= 0.3 is 5.97 Å². The van der Waals surface area contributed by atoms with Gasteiger partial charge in [0.2, 0.25) is 11.8 Å². The number of amides is 2. The lowest BCUT2D eigenvalue weighted by molar-refractivity contribution is -0.146. The Bertz CT molecular complexity index is 671. The van der Waals surface area contributed by atoms with Crippen LogP contribution in [0.5, 0.6) is 0 Å². The minimum atomic E-state index is -0.849. The predicted octanol–water partition coefficient (Wildman–Crippen LogP) is 1.93. The Kier molecular flexibility index (Phi) is 5.06. The van der Waals surface area contributed by atoms with Crippen LogP contribution in [0.15, 0.2) is 24.3 Å². The van der Waals surface area contributed by atoms with Gasteiger partial charge in [0.25, 0.3) is 0 Å². The van der Waals surface area contributed by atoms with E-state index in [1.807, 2.05) is 24.3 Å². The number of nitrogens with zero attached hydrogens (tertiary/aromatic N) is 2. The Balaban J connectivity index is 1.66. The molecule has 0 spiro atoms. The van der Waals surface area contributed by atoms with Crippen LogP contribution < -0.4 is 4.90 Å². The van der Waals surface area contributed by atoms with Gasteiger partial charge in [-0.1, -0.05) is 19.1 Å². The monoisotopic (exact) mass is 344 g/mol. The third kappa shape index (κ3) is 3.67. The van der Waals surface area contributed by atoms with Gasteiger partial charge < -0.3 is 14.9 Å². The molecule has 2 saturated heterocycles. The molecule has 1 aromatic carbocycles. The number of aryl methyl sites for hydroxylation is 1. The SMILES string of the molecule is CCc1ccc(N2C[C@@H](C(=O)N3CCC[C@@H](C(=O)O)C3)CC2=O)cc1. The molecule has 2 amide bonds. The predicted molar refractivity (Wildman–Crippen MR) is 93.2 cm³/mol. The zero-order valence-corrected chi connectivity index (χ0v) is 14.5. The molecule has 0 radical (unpaired) electrons. The number of hydrogen-bond donors (Lipinski definition) is 1. The molecule has 1 aromatic rings. The summed E-state index contributed by atoms with van der Waals surface area (Å²) in [4.78, 5) is 39.6. The van der Waals surface area contributed by atoms with Crippen LogP contribution in [0.25, 0.3) is 0 Å². The molecule has 0 bridgehead atoms. The molecular formula is C19H24N2O4. The standard InChI is InChI=1S/C19H24N2O4/c1-2-13-5-7-16(8-6-13)21-12-15(10-17(21)22)18(23)20-9-3-4-14(11-20)19(24)25/h5-8,14-15H,2-4,9-12H2,1H3,(H,24,25)/t14-,15+/m1/s1. The Morgan fingerprint density at radius 1 is 1.16 bits per heavy atom. The van der Waals surface area contributed by atoms with E-state index in [1.54, 1.807) is 9.80 Å². The second-order valence-corrected chi connectivity index (χ2v) is 6.89. The number of rotatable bonds is 4. The van der Waals surface area contributed by atoms with E-state index in [2.05, 4.69) is 6.92 Å². The van der Waals surface area contributed by atoms with Gasteiger partial charge in [0.1, 0.15) is 0 Å². The minimum Gasteiger partial charge on any atom is -0.481 e. The van der Waals surface area contributed by atoms with Crippen molar-refractivity contribution in [1.29, 1.82) is 0 Å². The fourth-order valence-corrected chi connectivity index (χ4v) is 3.67. The number of benzene rings is 1. The lowest BCUT2D eigenvalue weighted by atomic mass is 9.96. The van der Waals surface area contributed by atoms with Crippen LogP contribution in [0.3, 0.4) is 0 Å². The van der Waals surface area contributed by atoms with Crippen molar-refractivity contribution < 1.29 is 19.5 Å². The van der Waals surface area contributed by atoms with E-state index in [0.29, 0.717) is 25.9 Å². The first-order valence-corrected chi connectivity index (χ1v) is 8.90. The van der Waals surface area contributed by atoms with Crippen LogP contribution in [-0.2, 0) is 20.8 Å². The molecular weight excluding hydrogens is 320 g/mol. The molecule has 0 unspecified atom stereocenters. The maximum atomic E-state index is 12.7. The van der Waals surface area contributed by atoms with Crippen molar-refractivity contribution >= 4 is 23.5 Å². The van der Waals surface area contributed by atoms with Crippen LogP contribution in [0, 0.1) is 11.8 Å². The lowest BCUT2D eigenvalue weighted by Gasteiger charge is -2.32. The van der Waals surface area contributed by atoms with Gasteiger partial charge in [-0.3, -0.25) is 14.4 Å². The molecule has 3 rings (SSSR count). The Labute approximate surface area is 147 Å². The largest absolute Gasteiger partial charge is 0.481 e. The molecule has 2 aliphatic heterocycles. The van der Waals surface area contributed by atoms with E-state index < -0.39 is 11.9 Å². The number of carboxylic acids is 1. The molecule has 2 atom stereocenters. The fourth-order valence-electron chi connectivity index (χ4n) is 3.67. The van der Waals surface area contributed by atoms with Crippen molar-refractivity contribution in [3.8, 4) is 0 Å². The van der Waals surface area contributed by atoms with Gasteiger partial charge in [0.05, 0.1) is 11.8 Å². The summed E-state index contributed by atoms with van der Waals surface area (Å²) in [7, 11) is 0. The fraction of sp³-hybridized carbons (Fsp3) is 0.526. The lowest BCUT2D eigenvalue weighted by Crippen LogP contribution is -2.45. The number of carbonyl (C=O) groups is 3. The van der Waals surface area contributed by atoms with Crippen LogP contribution in [0.2, 0.25) is 0 Å². The van der Waals surface area contributed by atoms with Crippen molar-refractivity contribution in [2.75, 3.05) is 24.5 Å². The van der Waals surface area contributed by atoms with Crippen molar-refractivity contribution in [1.82, 2.24) is 4.90 Å². The van der Waals surface area contributed by atoms with Gasteiger partial charge in [-0.05, 0) is 37.0 Å². The smallest absolute Gasteiger partial charge is 0.308 e. The molecule has 6 nitrogen and oxygen atoms in total. The first kappa shape index (κ1) is 17.5. The van der Waals surface area contributed by atoms with Crippen molar-refractivity contribution in [2.24, 2.45) is 11.8 Å². The highest BCUT2D eigenvalue weighted by molar-refractivity contribution is 6.00. The van der Waals surface area contributed by atoms with Crippen LogP contribution >= 0.6 is 0 Å². The first-order valence-electron chi connectivity index (χ1n) is 8.90. The van der Waals surface area contributed by atoms with Gasteiger partial charge in [0.15, 0.2) is 0 Å². The number of carbonyl (C=O) groups excluding carboxylic acids is 2. The Hall–Kier alpha value is -2.37. The van der Waals surface area contributed by atoms with Crippen LogP contribution in [-0.4, -0.2) is 47.4 Å². The summed E-state index contributed by atoms with van der Waals surface area (Å²) in [6.45, 7) is 3.29. The van der Waals surface area contributed by atoms with Crippen LogP contribution in [0.1, 0.15) is 31.7 Å². The second kappa shape index (κ2) is 7.25. The molecule has 2 aliphatic rings. The Morgan fingerprint density at radius 2 is 1.88 bits per heavy atom. The zero-order valence-electron chi connectivity index (χ0n) is 14.5. The summed E-state index contributed by atoms with van der Waals surface area (Å²) in [5.41, 5.74) is 2.02. The summed E-state index contributed by atoms with van der Waals surface area (Å²) < 4.78 is 0. The number of anilines is 1. The van der Waals surface area contributed by atoms with Crippen LogP contribution in [0.4, 0.5) is 5.69 Å². The van der Waals surface area contributed by atoms with Gasteiger partial charge in [-0.25, -0.2) is 0 Å². The summed E-state index contributed by atoms with van der Waals surface area (Å²) >= 11 is 0. The number of likely N-dealkylation sites (tertiary alicyclic amines) is 1. The summed E-state index contributed by atoms with van der Waals surface area (Å²) in [5, 5.41) is 9.18. The van der Waals surface area contributed by atoms with Gasteiger partial charge in [-0.15, -0.1) is 0 Å². The molecule has 0 saturated carbocycles. The zero-order chi connectivity index (χ0) is 18.0. The summed E-state index contributed by atoms with van der Waals surface area (Å²) in [5.74, 6) is -1.86. The normalized spacial score (nSPS) is 23.8. The minimum absolute atomic E-state index is 0.0469. The van der Waals surface area contributed by atoms with Crippen molar-refractivity contribution in [3.05, 3.63) is 29.8 Å². The average molecular weight is 344 g/mol. The third-order valence-electron chi connectivity index (χ3n) is 5.21. The first-order chi connectivity index (χ1) is 12.0. The highest BCUT2D eigenvalue weighted by Gasteiger charge is 2.39. The average Bonchev–Trinajstić information content (AvgIpc) is 3.03. The molecule has 2 fully saturated rings.